The molecule has 0 atom stereocenters. The van der Waals surface area contributed by atoms with E-state index in [1.807, 2.05) is 35.9 Å². The van der Waals surface area contributed by atoms with E-state index in [0.29, 0.717) is 5.69 Å². The van der Waals surface area contributed by atoms with E-state index in [0.717, 1.165) is 53.1 Å². The van der Waals surface area contributed by atoms with Crippen LogP contribution in [0.2, 0.25) is 0 Å². The molecule has 0 N–H and O–H groups in total. The van der Waals surface area contributed by atoms with Gasteiger partial charge in [-0.05, 0) is 50.8 Å². The standard InChI is InChI=1S/C20H20N2O3/c1-13-6-3-4-8-17(13)22-18-9-5-7-16(18)19(21-22)20(23)25-12-15-10-11-24-14(15)2/h3-4,6,8,10-11H,5,7,9,12H2,1-2H3. The quantitative estimate of drug-likeness (QED) is 0.678. The van der Waals surface area contributed by atoms with Gasteiger partial charge in [-0.25, -0.2) is 9.48 Å². The van der Waals surface area contributed by atoms with Crippen LogP contribution in [0.25, 0.3) is 5.69 Å². The average Bonchev–Trinajstić information content (AvgIpc) is 3.30. The van der Waals surface area contributed by atoms with Gasteiger partial charge in [-0.3, -0.25) is 0 Å². The van der Waals surface area contributed by atoms with Crippen LogP contribution in [0.4, 0.5) is 0 Å². The first kappa shape index (κ1) is 15.7. The maximum Gasteiger partial charge on any atom is 0.359 e. The van der Waals surface area contributed by atoms with Crippen LogP contribution in [-0.4, -0.2) is 15.7 Å². The van der Waals surface area contributed by atoms with Crippen molar-refractivity contribution in [3.05, 3.63) is 70.4 Å². The Bertz CT molecular complexity index is 936. The first-order valence-corrected chi connectivity index (χ1v) is 8.52. The molecule has 1 aliphatic rings. The number of aryl methyl sites for hydroxylation is 2. The summed E-state index contributed by atoms with van der Waals surface area (Å²) < 4.78 is 12.6. The van der Waals surface area contributed by atoms with Crippen molar-refractivity contribution in [2.24, 2.45) is 0 Å². The van der Waals surface area contributed by atoms with Crippen LogP contribution in [0.1, 0.15) is 45.1 Å². The number of para-hydroxylation sites is 1. The summed E-state index contributed by atoms with van der Waals surface area (Å²) in [6.45, 7) is 4.11. The van der Waals surface area contributed by atoms with Crippen molar-refractivity contribution >= 4 is 5.97 Å². The molecule has 0 unspecified atom stereocenters. The van der Waals surface area contributed by atoms with E-state index in [4.69, 9.17) is 9.15 Å². The van der Waals surface area contributed by atoms with Gasteiger partial charge in [0.05, 0.1) is 12.0 Å². The Labute approximate surface area is 146 Å². The van der Waals surface area contributed by atoms with Crippen LogP contribution in [0, 0.1) is 13.8 Å². The molecule has 25 heavy (non-hydrogen) atoms. The fourth-order valence-corrected chi connectivity index (χ4v) is 3.37. The summed E-state index contributed by atoms with van der Waals surface area (Å²) >= 11 is 0. The number of fused-ring (bicyclic) bond motifs is 1. The van der Waals surface area contributed by atoms with Gasteiger partial charge in [0.1, 0.15) is 12.4 Å². The molecule has 128 valence electrons. The molecule has 0 aliphatic heterocycles. The second-order valence-electron chi connectivity index (χ2n) is 6.40. The summed E-state index contributed by atoms with van der Waals surface area (Å²) in [4.78, 5) is 12.6. The molecular formula is C20H20N2O3. The van der Waals surface area contributed by atoms with Gasteiger partial charge in [-0.1, -0.05) is 18.2 Å². The average molecular weight is 336 g/mol. The maximum atomic E-state index is 12.6. The number of aromatic nitrogens is 2. The van der Waals surface area contributed by atoms with E-state index in [-0.39, 0.29) is 12.6 Å². The molecule has 4 rings (SSSR count). The summed E-state index contributed by atoms with van der Waals surface area (Å²) in [5, 5.41) is 4.60. The van der Waals surface area contributed by atoms with Gasteiger partial charge >= 0.3 is 5.97 Å². The maximum absolute atomic E-state index is 12.6. The number of carbonyl (C=O) groups is 1. The largest absolute Gasteiger partial charge is 0.469 e. The van der Waals surface area contributed by atoms with Crippen LogP contribution in [0.5, 0.6) is 0 Å². The van der Waals surface area contributed by atoms with Gasteiger partial charge in [0.25, 0.3) is 0 Å². The van der Waals surface area contributed by atoms with Crippen molar-refractivity contribution in [2.75, 3.05) is 0 Å². The van der Waals surface area contributed by atoms with Crippen LogP contribution in [-0.2, 0) is 24.2 Å². The number of rotatable bonds is 4. The third-order valence-corrected chi connectivity index (χ3v) is 4.79. The Kier molecular flexibility index (Phi) is 3.92. The summed E-state index contributed by atoms with van der Waals surface area (Å²) in [5.74, 6) is 0.398. The van der Waals surface area contributed by atoms with Gasteiger partial charge in [0.2, 0.25) is 0 Å². The van der Waals surface area contributed by atoms with Gasteiger partial charge in [0, 0.05) is 16.8 Å². The molecule has 0 saturated carbocycles. The lowest BCUT2D eigenvalue weighted by Crippen LogP contribution is -2.10. The molecule has 0 fully saturated rings. The zero-order chi connectivity index (χ0) is 17.4. The summed E-state index contributed by atoms with van der Waals surface area (Å²) in [5.41, 5.74) is 5.62. The van der Waals surface area contributed by atoms with Gasteiger partial charge < -0.3 is 9.15 Å². The Hall–Kier alpha value is -2.82. The SMILES string of the molecule is Cc1ccccc1-n1nc(C(=O)OCc2ccoc2C)c2c1CCC2. The van der Waals surface area contributed by atoms with Crippen molar-refractivity contribution in [3.63, 3.8) is 0 Å². The van der Waals surface area contributed by atoms with E-state index >= 15 is 0 Å². The van der Waals surface area contributed by atoms with Gasteiger partial charge in [-0.15, -0.1) is 0 Å². The van der Waals surface area contributed by atoms with E-state index < -0.39 is 0 Å². The fourth-order valence-electron chi connectivity index (χ4n) is 3.37. The Balaban J connectivity index is 1.64. The van der Waals surface area contributed by atoms with Gasteiger partial charge in [-0.2, -0.15) is 5.10 Å². The normalized spacial score (nSPS) is 13.0. The number of esters is 1. The molecule has 0 bridgehead atoms. The molecule has 3 aromatic rings. The molecule has 1 aromatic carbocycles. The van der Waals surface area contributed by atoms with E-state index in [1.54, 1.807) is 6.26 Å². The molecular weight excluding hydrogens is 316 g/mol. The van der Waals surface area contributed by atoms with Crippen LogP contribution in [0.15, 0.2) is 41.0 Å². The monoisotopic (exact) mass is 336 g/mol. The molecule has 5 nitrogen and oxygen atoms in total. The number of furan rings is 1. The predicted octanol–water partition coefficient (Wildman–Crippen LogP) is 3.93. The second kappa shape index (κ2) is 6.24. The lowest BCUT2D eigenvalue weighted by atomic mass is 10.2. The summed E-state index contributed by atoms with van der Waals surface area (Å²) in [7, 11) is 0. The smallest absolute Gasteiger partial charge is 0.359 e. The number of ether oxygens (including phenoxy) is 1. The Morgan fingerprint density at radius 1 is 1.24 bits per heavy atom. The number of benzene rings is 1. The third-order valence-electron chi connectivity index (χ3n) is 4.79. The highest BCUT2D eigenvalue weighted by Crippen LogP contribution is 2.29. The van der Waals surface area contributed by atoms with Crippen molar-refractivity contribution < 1.29 is 13.9 Å². The zero-order valence-electron chi connectivity index (χ0n) is 14.4. The zero-order valence-corrected chi connectivity index (χ0v) is 14.4. The van der Waals surface area contributed by atoms with Crippen molar-refractivity contribution in [1.82, 2.24) is 9.78 Å². The van der Waals surface area contributed by atoms with Gasteiger partial charge in [0.15, 0.2) is 5.69 Å². The fraction of sp³-hybridized carbons (Fsp3) is 0.300. The Morgan fingerprint density at radius 3 is 2.84 bits per heavy atom. The minimum absolute atomic E-state index is 0.202. The molecule has 0 amide bonds. The predicted molar refractivity (Wildman–Crippen MR) is 92.9 cm³/mol. The summed E-state index contributed by atoms with van der Waals surface area (Å²) in [6, 6.07) is 9.90. The Morgan fingerprint density at radius 2 is 2.08 bits per heavy atom. The van der Waals surface area contributed by atoms with Crippen molar-refractivity contribution in [3.8, 4) is 5.69 Å². The lowest BCUT2D eigenvalue weighted by molar-refractivity contribution is 0.0462. The molecule has 5 heteroatoms. The molecule has 0 spiro atoms. The minimum atomic E-state index is -0.369. The number of hydrogen-bond acceptors (Lipinski definition) is 4. The number of hydrogen-bond donors (Lipinski definition) is 0. The molecule has 0 radical (unpaired) electrons. The molecule has 0 saturated heterocycles. The minimum Gasteiger partial charge on any atom is -0.469 e. The number of carbonyl (C=O) groups excluding carboxylic acids is 1. The van der Waals surface area contributed by atoms with Crippen LogP contribution >= 0.6 is 0 Å². The van der Waals surface area contributed by atoms with E-state index in [9.17, 15) is 4.79 Å². The van der Waals surface area contributed by atoms with Crippen LogP contribution < -0.4 is 0 Å². The third kappa shape index (κ3) is 2.76. The first-order chi connectivity index (χ1) is 12.1. The highest BCUT2D eigenvalue weighted by atomic mass is 16.5. The van der Waals surface area contributed by atoms with Crippen molar-refractivity contribution in [1.29, 1.82) is 0 Å². The highest BCUT2D eigenvalue weighted by molar-refractivity contribution is 5.89. The van der Waals surface area contributed by atoms with Crippen LogP contribution in [0.3, 0.4) is 0 Å². The second-order valence-corrected chi connectivity index (χ2v) is 6.40. The lowest BCUT2D eigenvalue weighted by Gasteiger charge is -2.08. The molecule has 2 heterocycles. The highest BCUT2D eigenvalue weighted by Gasteiger charge is 2.28. The number of nitrogens with zero attached hydrogens (tertiary/aromatic N) is 2. The summed E-state index contributed by atoms with van der Waals surface area (Å²) in [6.07, 6.45) is 4.45. The van der Waals surface area contributed by atoms with E-state index in [2.05, 4.69) is 18.1 Å². The molecule has 1 aliphatic carbocycles. The topological polar surface area (TPSA) is 57.3 Å². The van der Waals surface area contributed by atoms with Crippen molar-refractivity contribution in [2.45, 2.75) is 39.7 Å². The van der Waals surface area contributed by atoms with E-state index in [1.165, 1.54) is 0 Å². The first-order valence-electron chi connectivity index (χ1n) is 8.52. The molecule has 2 aromatic heterocycles.